The molecule has 0 saturated carbocycles. The number of nitrogens with zero attached hydrogens (tertiary/aromatic N) is 4. The van der Waals surface area contributed by atoms with E-state index < -0.39 is 7.60 Å². The highest BCUT2D eigenvalue weighted by Gasteiger charge is 2.38. The molecular formula is C18H22Cl3N4O4P. The summed E-state index contributed by atoms with van der Waals surface area (Å²) in [5, 5.41) is 0.182. The first-order valence-electron chi connectivity index (χ1n) is 9.27. The van der Waals surface area contributed by atoms with E-state index in [0.29, 0.717) is 23.5 Å². The van der Waals surface area contributed by atoms with Gasteiger partial charge in [-0.05, 0) is 19.3 Å². The molecule has 30 heavy (non-hydrogen) atoms. The van der Waals surface area contributed by atoms with E-state index >= 15 is 0 Å². The molecule has 0 atom stereocenters. The van der Waals surface area contributed by atoms with Gasteiger partial charge in [0.1, 0.15) is 21.9 Å². The van der Waals surface area contributed by atoms with Gasteiger partial charge in [-0.1, -0.05) is 55.6 Å². The van der Waals surface area contributed by atoms with E-state index in [0.717, 1.165) is 0 Å². The van der Waals surface area contributed by atoms with E-state index in [9.17, 15) is 4.57 Å². The van der Waals surface area contributed by atoms with Crippen LogP contribution in [0.4, 0.5) is 0 Å². The van der Waals surface area contributed by atoms with Gasteiger partial charge in [0, 0.05) is 6.54 Å². The summed E-state index contributed by atoms with van der Waals surface area (Å²) in [6.45, 7) is 10.3. The fourth-order valence-electron chi connectivity index (χ4n) is 2.90. The van der Waals surface area contributed by atoms with Crippen molar-refractivity contribution in [2.45, 2.75) is 41.2 Å². The van der Waals surface area contributed by atoms with Crippen molar-refractivity contribution >= 4 is 59.1 Å². The van der Waals surface area contributed by atoms with Crippen LogP contribution in [-0.4, -0.2) is 32.7 Å². The van der Waals surface area contributed by atoms with Gasteiger partial charge in [-0.15, -0.1) is 0 Å². The summed E-state index contributed by atoms with van der Waals surface area (Å²) in [5.74, 6) is 0.453. The highest BCUT2D eigenvalue weighted by atomic mass is 35.5. The average Bonchev–Trinajstić information content (AvgIpc) is 3.14. The Hall–Kier alpha value is -1.15. The van der Waals surface area contributed by atoms with Crippen molar-refractivity contribution in [2.75, 3.05) is 13.2 Å². The van der Waals surface area contributed by atoms with Crippen molar-refractivity contribution in [3.8, 4) is 11.6 Å². The maximum Gasteiger partial charge on any atom is 0.397 e. The van der Waals surface area contributed by atoms with Crippen molar-refractivity contribution in [3.05, 3.63) is 21.5 Å². The van der Waals surface area contributed by atoms with Crippen molar-refractivity contribution < 1.29 is 18.0 Å². The van der Waals surface area contributed by atoms with Crippen LogP contribution in [0.1, 0.15) is 34.6 Å². The predicted molar refractivity (Wildman–Crippen MR) is 118 cm³/mol. The smallest absolute Gasteiger partial charge is 0.397 e. The fraction of sp³-hybridized carbons (Fsp3) is 0.500. The minimum atomic E-state index is -3.81. The number of imidazole rings is 1. The molecular weight excluding hydrogens is 474 g/mol. The Balaban J connectivity index is 2.27. The second-order valence-electron chi connectivity index (χ2n) is 7.62. The van der Waals surface area contributed by atoms with E-state index in [4.69, 9.17) is 48.3 Å². The first kappa shape index (κ1) is 23.5. The van der Waals surface area contributed by atoms with Gasteiger partial charge < -0.3 is 18.0 Å². The third-order valence-corrected chi connectivity index (χ3v) is 7.18. The lowest BCUT2D eigenvalue weighted by atomic mass is 9.97. The number of hydrogen-bond acceptors (Lipinski definition) is 7. The van der Waals surface area contributed by atoms with Gasteiger partial charge in [-0.2, -0.15) is 0 Å². The Kier molecular flexibility index (Phi) is 6.87. The molecule has 8 nitrogen and oxygen atoms in total. The van der Waals surface area contributed by atoms with Crippen LogP contribution in [0.15, 0.2) is 10.7 Å². The summed E-state index contributed by atoms with van der Waals surface area (Å²) in [6.07, 6.45) is 1.36. The molecule has 0 aliphatic carbocycles. The van der Waals surface area contributed by atoms with Crippen LogP contribution in [0.2, 0.25) is 15.2 Å². The highest BCUT2D eigenvalue weighted by Crippen LogP contribution is 2.52. The number of furan rings is 1. The van der Waals surface area contributed by atoms with Crippen molar-refractivity contribution in [1.82, 2.24) is 19.5 Å². The van der Waals surface area contributed by atoms with Gasteiger partial charge >= 0.3 is 7.60 Å². The normalized spacial score (nSPS) is 12.8. The van der Waals surface area contributed by atoms with Crippen LogP contribution in [0, 0.1) is 5.41 Å². The Morgan fingerprint density at radius 2 is 1.73 bits per heavy atom. The summed E-state index contributed by atoms with van der Waals surface area (Å²) in [5.41, 5.74) is 0.598. The molecule has 3 aromatic rings. The molecule has 3 heterocycles. The largest absolute Gasteiger partial charge is 0.442 e. The summed E-state index contributed by atoms with van der Waals surface area (Å²) < 4.78 is 31.6. The monoisotopic (exact) mass is 494 g/mol. The average molecular weight is 496 g/mol. The molecule has 0 N–H and O–H groups in total. The summed E-state index contributed by atoms with van der Waals surface area (Å²) in [7, 11) is -3.81. The van der Waals surface area contributed by atoms with Gasteiger partial charge in [0.15, 0.2) is 22.4 Å². The topological polar surface area (TPSA) is 92.3 Å². The van der Waals surface area contributed by atoms with Gasteiger partial charge in [-0.25, -0.2) is 15.0 Å². The number of rotatable bonds is 7. The maximum absolute atomic E-state index is 13.2. The molecule has 0 aliphatic heterocycles. The van der Waals surface area contributed by atoms with Crippen LogP contribution < -0.4 is 5.50 Å². The van der Waals surface area contributed by atoms with Crippen LogP contribution in [0.3, 0.4) is 0 Å². The number of aromatic nitrogens is 4. The van der Waals surface area contributed by atoms with E-state index in [1.807, 2.05) is 4.57 Å². The summed E-state index contributed by atoms with van der Waals surface area (Å²) >= 11 is 19.1. The standard InChI is InChI=1S/C18H22Cl3N4O4P/c1-6-27-30(26,28-7-2)17-11(20)10(19)13(29-17)16-24-12-14(21)22-9-23-15(12)25(16)8-18(3,4)5/h9H,6-8H2,1-5H3. The lowest BCUT2D eigenvalue weighted by molar-refractivity contribution is 0.225. The second-order valence-corrected chi connectivity index (χ2v) is 10.6. The molecule has 0 fully saturated rings. The third-order valence-electron chi connectivity index (χ3n) is 3.95. The van der Waals surface area contributed by atoms with Gasteiger partial charge in [-0.3, -0.25) is 4.57 Å². The highest BCUT2D eigenvalue weighted by molar-refractivity contribution is 7.62. The van der Waals surface area contributed by atoms with Gasteiger partial charge in [0.25, 0.3) is 0 Å². The summed E-state index contributed by atoms with van der Waals surface area (Å²) in [6, 6.07) is 0. The van der Waals surface area contributed by atoms with Crippen LogP contribution in [-0.2, 0) is 20.2 Å². The van der Waals surface area contributed by atoms with E-state index in [2.05, 4.69) is 35.7 Å². The molecule has 0 aromatic carbocycles. The van der Waals surface area contributed by atoms with Crippen LogP contribution in [0.25, 0.3) is 22.7 Å². The van der Waals surface area contributed by atoms with Crippen molar-refractivity contribution in [1.29, 1.82) is 0 Å². The first-order chi connectivity index (χ1) is 14.0. The quantitative estimate of drug-likeness (QED) is 0.294. The number of hydrogen-bond donors (Lipinski definition) is 0. The molecule has 0 aliphatic rings. The molecule has 0 saturated heterocycles. The molecule has 0 bridgehead atoms. The number of halogens is 3. The second kappa shape index (κ2) is 8.77. The molecule has 12 heteroatoms. The van der Waals surface area contributed by atoms with Crippen LogP contribution >= 0.6 is 42.4 Å². The minimum absolute atomic E-state index is 0.0424. The Morgan fingerprint density at radius 3 is 2.30 bits per heavy atom. The molecule has 3 rings (SSSR count). The Labute approximate surface area is 189 Å². The summed E-state index contributed by atoms with van der Waals surface area (Å²) in [4.78, 5) is 12.9. The van der Waals surface area contributed by atoms with Crippen molar-refractivity contribution in [2.24, 2.45) is 5.41 Å². The predicted octanol–water partition coefficient (Wildman–Crippen LogP) is 5.98. The third kappa shape index (κ3) is 4.40. The first-order valence-corrected chi connectivity index (χ1v) is 11.9. The van der Waals surface area contributed by atoms with E-state index in [1.165, 1.54) is 6.33 Å². The molecule has 0 radical (unpaired) electrons. The molecule has 0 unspecified atom stereocenters. The van der Waals surface area contributed by atoms with Gasteiger partial charge in [0.05, 0.1) is 13.2 Å². The van der Waals surface area contributed by atoms with E-state index in [-0.39, 0.29) is 45.1 Å². The minimum Gasteiger partial charge on any atom is -0.442 e. The maximum atomic E-state index is 13.2. The zero-order valence-electron chi connectivity index (χ0n) is 17.2. The van der Waals surface area contributed by atoms with E-state index in [1.54, 1.807) is 13.8 Å². The molecule has 164 valence electrons. The Morgan fingerprint density at radius 1 is 1.10 bits per heavy atom. The van der Waals surface area contributed by atoms with Crippen LogP contribution in [0.5, 0.6) is 0 Å². The molecule has 0 spiro atoms. The molecule has 0 amide bonds. The fourth-order valence-corrected chi connectivity index (χ4v) is 5.33. The Bertz CT molecular complexity index is 1110. The van der Waals surface area contributed by atoms with Gasteiger partial charge in [0.2, 0.25) is 5.50 Å². The number of fused-ring (bicyclic) bond motifs is 1. The lowest BCUT2D eigenvalue weighted by Gasteiger charge is -2.20. The lowest BCUT2D eigenvalue weighted by Crippen LogP contribution is -2.16. The zero-order chi connectivity index (χ0) is 22.3. The SMILES string of the molecule is CCOP(=O)(OCC)c1oc(-c2nc3c(Cl)ncnc3n2CC(C)(C)C)c(Cl)c1Cl. The molecule has 3 aromatic heterocycles. The zero-order valence-corrected chi connectivity index (χ0v) is 20.4. The van der Waals surface area contributed by atoms with Crippen molar-refractivity contribution in [3.63, 3.8) is 0 Å².